The van der Waals surface area contributed by atoms with Gasteiger partial charge >= 0.3 is 0 Å². The zero-order valence-electron chi connectivity index (χ0n) is 8.80. The summed E-state index contributed by atoms with van der Waals surface area (Å²) in [5.41, 5.74) is 0.166. The molecule has 0 unspecified atom stereocenters. The van der Waals surface area contributed by atoms with Gasteiger partial charge < -0.3 is 5.32 Å². The van der Waals surface area contributed by atoms with Crippen LogP contribution in [0.1, 0.15) is 13.8 Å². The predicted octanol–water partition coefficient (Wildman–Crippen LogP) is 0.0487. The van der Waals surface area contributed by atoms with Crippen molar-refractivity contribution < 1.29 is 4.21 Å². The number of nitrogens with zero attached hydrogens (tertiary/aromatic N) is 1. The number of rotatable bonds is 3. The molecule has 0 atom stereocenters. The molecule has 1 rings (SSSR count). The molecule has 3 nitrogen and oxygen atoms in total. The second-order valence-electron chi connectivity index (χ2n) is 4.26. The summed E-state index contributed by atoms with van der Waals surface area (Å²) in [5, 5.41) is 3.28. The third-order valence-corrected chi connectivity index (χ3v) is 3.84. The molecule has 1 saturated heterocycles. The first-order valence-corrected chi connectivity index (χ1v) is 6.28. The van der Waals surface area contributed by atoms with Crippen molar-refractivity contribution in [3.8, 4) is 0 Å². The van der Waals surface area contributed by atoms with E-state index in [4.69, 9.17) is 0 Å². The Morgan fingerprint density at radius 2 is 1.92 bits per heavy atom. The Bertz CT molecular complexity index is 184. The van der Waals surface area contributed by atoms with Crippen molar-refractivity contribution in [1.29, 1.82) is 0 Å². The van der Waals surface area contributed by atoms with Crippen LogP contribution in [0.4, 0.5) is 0 Å². The Hall–Kier alpha value is 0.0700. The summed E-state index contributed by atoms with van der Waals surface area (Å²) in [6.07, 6.45) is 0. The standard InChI is InChI=1S/C9H20N2OS/c1-9(2,10-3)8-11-4-6-13(12)7-5-11/h10H,4-8H2,1-3H3. The zero-order chi connectivity index (χ0) is 9.90. The molecule has 78 valence electrons. The Labute approximate surface area is 83.3 Å². The lowest BCUT2D eigenvalue weighted by Crippen LogP contribution is -2.50. The highest BCUT2D eigenvalue weighted by atomic mass is 32.2. The average molecular weight is 204 g/mol. The normalized spacial score (nSPS) is 22.1. The minimum absolute atomic E-state index is 0.166. The van der Waals surface area contributed by atoms with Gasteiger partial charge in [0.2, 0.25) is 0 Å². The van der Waals surface area contributed by atoms with Crippen molar-refractivity contribution in [2.24, 2.45) is 0 Å². The van der Waals surface area contributed by atoms with Gasteiger partial charge in [-0.3, -0.25) is 9.11 Å². The molecule has 1 fully saturated rings. The Morgan fingerprint density at radius 3 is 2.38 bits per heavy atom. The van der Waals surface area contributed by atoms with Gasteiger partial charge in [-0.1, -0.05) is 0 Å². The lowest BCUT2D eigenvalue weighted by atomic mass is 10.1. The van der Waals surface area contributed by atoms with E-state index in [2.05, 4.69) is 24.1 Å². The SMILES string of the molecule is CNC(C)(C)CN1CCS(=O)CC1. The zero-order valence-corrected chi connectivity index (χ0v) is 9.62. The number of likely N-dealkylation sites (N-methyl/N-ethyl adjacent to an activating group) is 1. The number of hydrogen-bond acceptors (Lipinski definition) is 3. The van der Waals surface area contributed by atoms with Gasteiger partial charge in [-0.05, 0) is 20.9 Å². The van der Waals surface area contributed by atoms with E-state index >= 15 is 0 Å². The topological polar surface area (TPSA) is 32.3 Å². The van der Waals surface area contributed by atoms with Crippen molar-refractivity contribution >= 4 is 10.8 Å². The molecule has 13 heavy (non-hydrogen) atoms. The summed E-state index contributed by atoms with van der Waals surface area (Å²) in [7, 11) is 1.43. The van der Waals surface area contributed by atoms with Crippen LogP contribution in [0.3, 0.4) is 0 Å². The maximum Gasteiger partial charge on any atom is 0.0363 e. The maximum absolute atomic E-state index is 11.1. The quantitative estimate of drug-likeness (QED) is 0.705. The van der Waals surface area contributed by atoms with E-state index < -0.39 is 10.8 Å². The highest BCUT2D eigenvalue weighted by Gasteiger charge is 2.22. The molecule has 0 radical (unpaired) electrons. The molecular formula is C9H20N2OS. The van der Waals surface area contributed by atoms with Crippen molar-refractivity contribution in [1.82, 2.24) is 10.2 Å². The maximum atomic E-state index is 11.1. The van der Waals surface area contributed by atoms with E-state index in [1.54, 1.807) is 0 Å². The molecule has 0 aromatic heterocycles. The summed E-state index contributed by atoms with van der Waals surface area (Å²) in [5.74, 6) is 1.69. The molecule has 1 aliphatic rings. The van der Waals surface area contributed by atoms with Crippen LogP contribution in [0, 0.1) is 0 Å². The van der Waals surface area contributed by atoms with Gasteiger partial charge in [0.05, 0.1) is 0 Å². The van der Waals surface area contributed by atoms with Crippen molar-refractivity contribution in [2.45, 2.75) is 19.4 Å². The van der Waals surface area contributed by atoms with Gasteiger partial charge in [0.15, 0.2) is 0 Å². The molecular weight excluding hydrogens is 184 g/mol. The average Bonchev–Trinajstić information content (AvgIpc) is 2.09. The van der Waals surface area contributed by atoms with Crippen LogP contribution >= 0.6 is 0 Å². The van der Waals surface area contributed by atoms with Gasteiger partial charge in [0.1, 0.15) is 0 Å². The molecule has 0 bridgehead atoms. The first-order valence-electron chi connectivity index (χ1n) is 4.80. The summed E-state index contributed by atoms with van der Waals surface area (Å²) in [6, 6.07) is 0. The van der Waals surface area contributed by atoms with E-state index in [0.29, 0.717) is 0 Å². The van der Waals surface area contributed by atoms with Crippen molar-refractivity contribution in [3.05, 3.63) is 0 Å². The van der Waals surface area contributed by atoms with Gasteiger partial charge in [-0.15, -0.1) is 0 Å². The lowest BCUT2D eigenvalue weighted by Gasteiger charge is -2.34. The van der Waals surface area contributed by atoms with E-state index in [-0.39, 0.29) is 5.54 Å². The van der Waals surface area contributed by atoms with Crippen LogP contribution in [0.15, 0.2) is 0 Å². The first-order chi connectivity index (χ1) is 6.03. The Balaban J connectivity index is 2.34. The van der Waals surface area contributed by atoms with E-state index in [1.807, 2.05) is 7.05 Å². The molecule has 0 aliphatic carbocycles. The Morgan fingerprint density at radius 1 is 1.38 bits per heavy atom. The highest BCUT2D eigenvalue weighted by Crippen LogP contribution is 2.07. The molecule has 0 spiro atoms. The molecule has 4 heteroatoms. The number of nitrogens with one attached hydrogen (secondary N) is 1. The third kappa shape index (κ3) is 3.75. The summed E-state index contributed by atoms with van der Waals surface area (Å²) < 4.78 is 11.1. The van der Waals surface area contributed by atoms with Crippen LogP contribution in [-0.4, -0.2) is 52.8 Å². The molecule has 0 amide bonds. The van der Waals surface area contributed by atoms with E-state index in [0.717, 1.165) is 31.1 Å². The Kier molecular flexibility index (Phi) is 3.88. The second kappa shape index (κ2) is 4.53. The summed E-state index contributed by atoms with van der Waals surface area (Å²) >= 11 is 0. The van der Waals surface area contributed by atoms with Crippen LogP contribution in [0.25, 0.3) is 0 Å². The van der Waals surface area contributed by atoms with Gasteiger partial charge in [0, 0.05) is 47.5 Å². The molecule has 0 aromatic carbocycles. The third-order valence-electron chi connectivity index (χ3n) is 2.57. The van der Waals surface area contributed by atoms with Crippen molar-refractivity contribution in [2.75, 3.05) is 38.2 Å². The minimum Gasteiger partial charge on any atom is -0.314 e. The fourth-order valence-electron chi connectivity index (χ4n) is 1.47. The molecule has 0 saturated carbocycles. The second-order valence-corrected chi connectivity index (χ2v) is 5.95. The molecule has 0 aromatic rings. The number of hydrogen-bond donors (Lipinski definition) is 1. The van der Waals surface area contributed by atoms with Gasteiger partial charge in [0.25, 0.3) is 0 Å². The fourth-order valence-corrected chi connectivity index (χ4v) is 2.60. The molecule has 1 aliphatic heterocycles. The van der Waals surface area contributed by atoms with Crippen LogP contribution in [-0.2, 0) is 10.8 Å². The van der Waals surface area contributed by atoms with Gasteiger partial charge in [-0.25, -0.2) is 0 Å². The fraction of sp³-hybridized carbons (Fsp3) is 1.00. The van der Waals surface area contributed by atoms with Crippen LogP contribution in [0.5, 0.6) is 0 Å². The molecule has 1 heterocycles. The summed E-state index contributed by atoms with van der Waals surface area (Å²) in [4.78, 5) is 2.39. The monoisotopic (exact) mass is 204 g/mol. The first kappa shape index (κ1) is 11.1. The van der Waals surface area contributed by atoms with Crippen LogP contribution in [0.2, 0.25) is 0 Å². The van der Waals surface area contributed by atoms with Crippen molar-refractivity contribution in [3.63, 3.8) is 0 Å². The minimum atomic E-state index is -0.553. The largest absolute Gasteiger partial charge is 0.314 e. The smallest absolute Gasteiger partial charge is 0.0363 e. The van der Waals surface area contributed by atoms with Gasteiger partial charge in [-0.2, -0.15) is 0 Å². The highest BCUT2D eigenvalue weighted by molar-refractivity contribution is 7.85. The predicted molar refractivity (Wildman–Crippen MR) is 57.5 cm³/mol. The van der Waals surface area contributed by atoms with Crippen LogP contribution < -0.4 is 5.32 Å². The van der Waals surface area contributed by atoms with E-state index in [1.165, 1.54) is 0 Å². The molecule has 1 N–H and O–H groups in total. The lowest BCUT2D eigenvalue weighted by molar-refractivity contribution is 0.222. The van der Waals surface area contributed by atoms with E-state index in [9.17, 15) is 4.21 Å². The summed E-state index contributed by atoms with van der Waals surface area (Å²) in [6.45, 7) is 7.40.